The van der Waals surface area contributed by atoms with Gasteiger partial charge in [-0.1, -0.05) is 0 Å². The molecule has 0 bridgehead atoms. The molecule has 15 heteroatoms. The minimum Gasteiger partial charge on any atom is -0.225 e. The maximum Gasteiger partial charge on any atom is 0.461 e. The van der Waals surface area contributed by atoms with E-state index in [2.05, 4.69) is 4.84 Å². The van der Waals surface area contributed by atoms with Gasteiger partial charge in [-0.25, -0.2) is 4.84 Å². The molecule has 1 aliphatic heterocycles. The highest BCUT2D eigenvalue weighted by atomic mass is 19.4. The molecule has 1 heterocycles. The van der Waals surface area contributed by atoms with Crippen LogP contribution in [-0.2, 0) is 4.84 Å². The van der Waals surface area contributed by atoms with Crippen molar-refractivity contribution in [3.8, 4) is 0 Å². The Morgan fingerprint density at radius 3 is 1.33 bits per heavy atom. The summed E-state index contributed by atoms with van der Waals surface area (Å²) < 4.78 is 158. The average Bonchev–Trinajstić information content (AvgIpc) is 2.89. The van der Waals surface area contributed by atoms with Gasteiger partial charge in [-0.2, -0.15) is 57.1 Å². The standard InChI is InChI=1S/C6F13NO/c7-1(8,3(11,12)13)5(17,18)20-6(19,21-20)2(9,10)4(14,15)16/t6-,20?/m0/s1. The number of alkyl halides is 13. The SMILES string of the molecule is FC(F)(F)C(F)(F)C(F)(F)N1O[C@]1(F)C(F)(F)C(F)(F)F. The third-order valence-electron chi connectivity index (χ3n) is 2.17. The van der Waals surface area contributed by atoms with Crippen LogP contribution in [-0.4, -0.2) is 41.3 Å². The molecular formula is C6F13NO. The zero-order valence-electron chi connectivity index (χ0n) is 8.77. The zero-order valence-corrected chi connectivity index (χ0v) is 8.77. The van der Waals surface area contributed by atoms with Gasteiger partial charge in [-0.3, -0.25) is 0 Å². The first kappa shape index (κ1) is 18.1. The van der Waals surface area contributed by atoms with Crippen LogP contribution in [0, 0.1) is 0 Å². The second-order valence-corrected chi connectivity index (χ2v) is 3.63. The lowest BCUT2D eigenvalue weighted by molar-refractivity contribution is -0.395. The molecule has 0 aromatic rings. The summed E-state index contributed by atoms with van der Waals surface area (Å²) >= 11 is 0. The molecule has 0 saturated carbocycles. The van der Waals surface area contributed by atoms with Crippen molar-refractivity contribution in [2.75, 3.05) is 0 Å². The number of rotatable bonds is 3. The number of hydrogen-bond donors (Lipinski definition) is 0. The van der Waals surface area contributed by atoms with Gasteiger partial charge in [0, 0.05) is 0 Å². The first-order chi connectivity index (χ1) is 8.84. The second kappa shape index (κ2) is 4.05. The van der Waals surface area contributed by atoms with Crippen LogP contribution in [0.5, 0.6) is 0 Å². The van der Waals surface area contributed by atoms with Gasteiger partial charge in [0.25, 0.3) is 0 Å². The lowest BCUT2D eigenvalue weighted by atomic mass is 10.2. The Kier molecular flexibility index (Phi) is 3.48. The monoisotopic (exact) mass is 349 g/mol. The smallest absolute Gasteiger partial charge is 0.225 e. The third kappa shape index (κ3) is 2.20. The van der Waals surface area contributed by atoms with Crippen LogP contribution in [0.4, 0.5) is 57.1 Å². The van der Waals surface area contributed by atoms with Crippen LogP contribution in [0.15, 0.2) is 0 Å². The van der Waals surface area contributed by atoms with E-state index >= 15 is 0 Å². The molecule has 0 N–H and O–H groups in total. The minimum atomic E-state index is -7.16. The summed E-state index contributed by atoms with van der Waals surface area (Å²) in [6.07, 6.45) is -14.0. The lowest BCUT2D eigenvalue weighted by Gasteiger charge is -2.28. The Hall–Kier alpha value is -0.990. The molecule has 0 aromatic heterocycles. The first-order valence-electron chi connectivity index (χ1n) is 4.29. The summed E-state index contributed by atoms with van der Waals surface area (Å²) in [5.74, 6) is -19.8. The van der Waals surface area contributed by atoms with Gasteiger partial charge in [0.15, 0.2) is 0 Å². The molecule has 0 radical (unpaired) electrons. The van der Waals surface area contributed by atoms with Gasteiger partial charge < -0.3 is 0 Å². The van der Waals surface area contributed by atoms with E-state index in [1.54, 1.807) is 0 Å². The quantitative estimate of drug-likeness (QED) is 0.437. The van der Waals surface area contributed by atoms with Crippen LogP contribution in [0.25, 0.3) is 0 Å². The molecule has 1 aliphatic rings. The van der Waals surface area contributed by atoms with Gasteiger partial charge >= 0.3 is 36.2 Å². The van der Waals surface area contributed by atoms with Crippen LogP contribution in [0.2, 0.25) is 0 Å². The third-order valence-corrected chi connectivity index (χ3v) is 2.17. The van der Waals surface area contributed by atoms with E-state index in [-0.39, 0.29) is 0 Å². The van der Waals surface area contributed by atoms with Gasteiger partial charge in [-0.05, 0) is 5.06 Å². The maximum atomic E-state index is 12.9. The van der Waals surface area contributed by atoms with Gasteiger partial charge in [0.2, 0.25) is 0 Å². The largest absolute Gasteiger partial charge is 0.461 e. The molecule has 0 amide bonds. The van der Waals surface area contributed by atoms with E-state index in [9.17, 15) is 57.1 Å². The lowest BCUT2D eigenvalue weighted by Crippen LogP contribution is -2.60. The van der Waals surface area contributed by atoms with Crippen LogP contribution in [0.1, 0.15) is 0 Å². The van der Waals surface area contributed by atoms with E-state index in [0.717, 1.165) is 0 Å². The van der Waals surface area contributed by atoms with Crippen molar-refractivity contribution in [3.05, 3.63) is 0 Å². The number of hydroxylamine groups is 2. The Balaban J connectivity index is 3.18. The fourth-order valence-electron chi connectivity index (χ4n) is 0.996. The Morgan fingerprint density at radius 2 is 1.05 bits per heavy atom. The van der Waals surface area contributed by atoms with Crippen LogP contribution < -0.4 is 0 Å². The minimum absolute atomic E-state index is 2.41. The molecular weight excluding hydrogens is 349 g/mol. The first-order valence-corrected chi connectivity index (χ1v) is 4.29. The molecule has 0 aliphatic carbocycles. The molecule has 126 valence electrons. The van der Waals surface area contributed by atoms with Crippen molar-refractivity contribution < 1.29 is 61.9 Å². The van der Waals surface area contributed by atoms with E-state index in [1.807, 2.05) is 0 Å². The summed E-state index contributed by atoms with van der Waals surface area (Å²) in [4.78, 5) is 2.41. The van der Waals surface area contributed by atoms with Crippen LogP contribution >= 0.6 is 0 Å². The predicted octanol–water partition coefficient (Wildman–Crippen LogP) is 3.84. The second-order valence-electron chi connectivity index (χ2n) is 3.63. The molecule has 2 nitrogen and oxygen atoms in total. The predicted molar refractivity (Wildman–Crippen MR) is 33.7 cm³/mol. The zero-order chi connectivity index (χ0) is 17.3. The van der Waals surface area contributed by atoms with E-state index < -0.39 is 41.3 Å². The van der Waals surface area contributed by atoms with Crippen molar-refractivity contribution in [1.29, 1.82) is 0 Å². The van der Waals surface area contributed by atoms with Gasteiger partial charge in [0.05, 0.1) is 0 Å². The summed E-state index contributed by atoms with van der Waals surface area (Å²) in [5.41, 5.74) is 0. The Bertz CT molecular complexity index is 423. The molecule has 2 atom stereocenters. The number of halogens is 13. The fourth-order valence-corrected chi connectivity index (χ4v) is 0.996. The topological polar surface area (TPSA) is 15.5 Å². The highest BCUT2D eigenvalue weighted by Gasteiger charge is 2.93. The molecule has 1 rings (SSSR count). The molecule has 1 fully saturated rings. The Morgan fingerprint density at radius 1 is 0.667 bits per heavy atom. The van der Waals surface area contributed by atoms with Crippen molar-refractivity contribution >= 4 is 0 Å². The molecule has 0 spiro atoms. The maximum absolute atomic E-state index is 12.9. The summed E-state index contributed by atoms with van der Waals surface area (Å²) in [5, 5.41) is -2.68. The average molecular weight is 349 g/mol. The number of hydrogen-bond acceptors (Lipinski definition) is 2. The summed E-state index contributed by atoms with van der Waals surface area (Å²) in [6.45, 7) is 0. The summed E-state index contributed by atoms with van der Waals surface area (Å²) in [6, 6.07) is -6.85. The normalized spacial score (nSPS) is 28.7. The van der Waals surface area contributed by atoms with E-state index in [1.165, 1.54) is 0 Å². The van der Waals surface area contributed by atoms with Crippen molar-refractivity contribution in [2.24, 2.45) is 0 Å². The number of nitrogens with zero attached hydrogens (tertiary/aromatic N) is 1. The molecule has 1 unspecified atom stereocenters. The highest BCUT2D eigenvalue weighted by Crippen LogP contribution is 2.62. The highest BCUT2D eigenvalue weighted by molar-refractivity contribution is 5.03. The van der Waals surface area contributed by atoms with Gasteiger partial charge in [0.1, 0.15) is 0 Å². The van der Waals surface area contributed by atoms with E-state index in [4.69, 9.17) is 0 Å². The van der Waals surface area contributed by atoms with Gasteiger partial charge in [-0.15, -0.1) is 0 Å². The summed E-state index contributed by atoms with van der Waals surface area (Å²) in [7, 11) is 0. The molecule has 21 heavy (non-hydrogen) atoms. The van der Waals surface area contributed by atoms with Crippen LogP contribution in [0.3, 0.4) is 0 Å². The molecule has 0 aromatic carbocycles. The fraction of sp³-hybridized carbons (Fsp3) is 1.00. The molecule has 1 saturated heterocycles. The van der Waals surface area contributed by atoms with Crippen molar-refractivity contribution in [2.45, 2.75) is 36.2 Å². The van der Waals surface area contributed by atoms with Crippen molar-refractivity contribution in [1.82, 2.24) is 5.06 Å². The van der Waals surface area contributed by atoms with E-state index in [0.29, 0.717) is 0 Å². The Labute approximate surface area is 105 Å². The van der Waals surface area contributed by atoms with Crippen molar-refractivity contribution in [3.63, 3.8) is 0 Å².